The number of amides is 1. The number of benzene rings is 2. The van der Waals surface area contributed by atoms with Gasteiger partial charge < -0.3 is 15.2 Å². The van der Waals surface area contributed by atoms with E-state index in [1.807, 2.05) is 52.8 Å². The van der Waals surface area contributed by atoms with Crippen molar-refractivity contribution in [2.75, 3.05) is 6.54 Å². The van der Waals surface area contributed by atoms with E-state index in [0.717, 1.165) is 29.1 Å². The van der Waals surface area contributed by atoms with Gasteiger partial charge in [-0.15, -0.1) is 10.2 Å². The molecule has 0 saturated heterocycles. The molecule has 1 aliphatic heterocycles. The van der Waals surface area contributed by atoms with Gasteiger partial charge in [-0.05, 0) is 41.8 Å². The van der Waals surface area contributed by atoms with Gasteiger partial charge in [0.25, 0.3) is 5.91 Å². The molecule has 26 heavy (non-hydrogen) atoms. The maximum Gasteiger partial charge on any atom is 0.254 e. The average molecular weight is 347 g/mol. The van der Waals surface area contributed by atoms with Crippen LogP contribution in [-0.4, -0.2) is 32.1 Å². The molecule has 2 aromatic carbocycles. The summed E-state index contributed by atoms with van der Waals surface area (Å²) in [6.45, 7) is 3.89. The van der Waals surface area contributed by atoms with Crippen LogP contribution in [-0.2, 0) is 13.1 Å². The lowest BCUT2D eigenvalue weighted by molar-refractivity contribution is 0.0637. The maximum absolute atomic E-state index is 12.9. The molecule has 6 nitrogen and oxygen atoms in total. The number of carbonyl (C=O) groups excluding carboxylic acids is 1. The molecule has 0 bridgehead atoms. The number of rotatable bonds is 3. The Labute approximate surface area is 152 Å². The predicted molar refractivity (Wildman–Crippen MR) is 99.2 cm³/mol. The summed E-state index contributed by atoms with van der Waals surface area (Å²) in [7, 11) is 0. The first-order valence-corrected chi connectivity index (χ1v) is 8.75. The van der Waals surface area contributed by atoms with Crippen molar-refractivity contribution in [3.8, 4) is 11.1 Å². The lowest BCUT2D eigenvalue weighted by atomic mass is 10.0. The number of hydrogen-bond acceptors (Lipinski definition) is 4. The monoisotopic (exact) mass is 347 g/mol. The fourth-order valence-corrected chi connectivity index (χ4v) is 3.43. The quantitative estimate of drug-likeness (QED) is 0.790. The predicted octanol–water partition coefficient (Wildman–Crippen LogP) is 2.62. The van der Waals surface area contributed by atoms with Crippen molar-refractivity contribution in [3.63, 3.8) is 0 Å². The van der Waals surface area contributed by atoms with E-state index in [9.17, 15) is 4.79 Å². The number of nitrogens with zero attached hydrogens (tertiary/aromatic N) is 4. The molecule has 1 atom stereocenters. The number of nitrogens with two attached hydrogens (primary N) is 1. The zero-order chi connectivity index (χ0) is 18.1. The van der Waals surface area contributed by atoms with Crippen molar-refractivity contribution >= 4 is 5.91 Å². The molecule has 0 saturated carbocycles. The highest BCUT2D eigenvalue weighted by molar-refractivity contribution is 5.95. The molecule has 0 radical (unpaired) electrons. The average Bonchev–Trinajstić information content (AvgIpc) is 3.18. The molecule has 2 heterocycles. The van der Waals surface area contributed by atoms with Gasteiger partial charge in [-0.25, -0.2) is 0 Å². The summed E-state index contributed by atoms with van der Waals surface area (Å²) in [5.41, 5.74) is 9.67. The standard InChI is InChI=1S/C20H21N5O/c1-14-19-23-22-13-24(19)9-10-25(14)20(26)17-7-5-16(6-8-17)18-4-2-3-15(11-18)12-21/h2-8,11,13-14H,9-10,12,21H2,1H3. The fourth-order valence-electron chi connectivity index (χ4n) is 3.43. The van der Waals surface area contributed by atoms with Gasteiger partial charge in [-0.1, -0.05) is 30.3 Å². The molecule has 0 fully saturated rings. The highest BCUT2D eigenvalue weighted by Gasteiger charge is 2.29. The highest BCUT2D eigenvalue weighted by atomic mass is 16.2. The lowest BCUT2D eigenvalue weighted by Crippen LogP contribution is -2.41. The third-order valence-electron chi connectivity index (χ3n) is 4.96. The van der Waals surface area contributed by atoms with Crippen molar-refractivity contribution in [1.82, 2.24) is 19.7 Å². The van der Waals surface area contributed by atoms with E-state index in [-0.39, 0.29) is 11.9 Å². The smallest absolute Gasteiger partial charge is 0.254 e. The molecule has 0 aliphatic carbocycles. The number of hydrogen-bond donors (Lipinski definition) is 1. The third kappa shape index (κ3) is 2.88. The number of fused-ring (bicyclic) bond motifs is 1. The zero-order valence-electron chi connectivity index (χ0n) is 14.7. The third-order valence-corrected chi connectivity index (χ3v) is 4.96. The Morgan fingerprint density at radius 1 is 1.15 bits per heavy atom. The normalized spacial score (nSPS) is 16.4. The lowest BCUT2D eigenvalue weighted by Gasteiger charge is -2.33. The van der Waals surface area contributed by atoms with Gasteiger partial charge in [0, 0.05) is 25.2 Å². The van der Waals surface area contributed by atoms with Crippen LogP contribution in [0.1, 0.15) is 34.7 Å². The zero-order valence-corrected chi connectivity index (χ0v) is 14.7. The first kappa shape index (κ1) is 16.5. The Bertz CT molecular complexity index is 931. The summed E-state index contributed by atoms with van der Waals surface area (Å²) in [4.78, 5) is 14.8. The molecule has 132 valence electrons. The molecule has 4 rings (SSSR count). The minimum atomic E-state index is -0.0836. The SMILES string of the molecule is CC1c2nncn2CCN1C(=O)c1ccc(-c2cccc(CN)c2)cc1. The summed E-state index contributed by atoms with van der Waals surface area (Å²) < 4.78 is 2.00. The van der Waals surface area contributed by atoms with E-state index in [4.69, 9.17) is 5.73 Å². The van der Waals surface area contributed by atoms with Crippen LogP contribution in [0.4, 0.5) is 0 Å². The molecule has 3 aromatic rings. The van der Waals surface area contributed by atoms with Crippen LogP contribution in [0.15, 0.2) is 54.9 Å². The number of aromatic nitrogens is 3. The second kappa shape index (κ2) is 6.72. The first-order chi connectivity index (χ1) is 12.7. The van der Waals surface area contributed by atoms with Crippen molar-refractivity contribution in [1.29, 1.82) is 0 Å². The van der Waals surface area contributed by atoms with Gasteiger partial charge in [0.1, 0.15) is 6.33 Å². The molecule has 1 amide bonds. The summed E-state index contributed by atoms with van der Waals surface area (Å²) in [6.07, 6.45) is 1.72. The summed E-state index contributed by atoms with van der Waals surface area (Å²) >= 11 is 0. The van der Waals surface area contributed by atoms with Crippen LogP contribution < -0.4 is 5.73 Å². The Morgan fingerprint density at radius 2 is 1.96 bits per heavy atom. The first-order valence-electron chi connectivity index (χ1n) is 8.75. The van der Waals surface area contributed by atoms with Crippen LogP contribution in [0.5, 0.6) is 0 Å². The van der Waals surface area contributed by atoms with E-state index in [1.54, 1.807) is 6.33 Å². The van der Waals surface area contributed by atoms with E-state index in [2.05, 4.69) is 22.3 Å². The topological polar surface area (TPSA) is 77.0 Å². The molecule has 1 aromatic heterocycles. The minimum Gasteiger partial charge on any atom is -0.327 e. The van der Waals surface area contributed by atoms with Crippen LogP contribution in [0.3, 0.4) is 0 Å². The Kier molecular flexibility index (Phi) is 4.26. The van der Waals surface area contributed by atoms with Crippen LogP contribution >= 0.6 is 0 Å². The van der Waals surface area contributed by atoms with Crippen LogP contribution in [0, 0.1) is 0 Å². The Balaban J connectivity index is 1.56. The van der Waals surface area contributed by atoms with Gasteiger partial charge in [0.2, 0.25) is 0 Å². The molecule has 0 spiro atoms. The molecule has 1 unspecified atom stereocenters. The van der Waals surface area contributed by atoms with Gasteiger partial charge in [-0.3, -0.25) is 4.79 Å². The minimum absolute atomic E-state index is 0.0222. The van der Waals surface area contributed by atoms with Crippen molar-refractivity contribution < 1.29 is 4.79 Å². The van der Waals surface area contributed by atoms with Crippen molar-refractivity contribution in [2.24, 2.45) is 5.73 Å². The number of carbonyl (C=O) groups is 1. The highest BCUT2D eigenvalue weighted by Crippen LogP contribution is 2.26. The van der Waals surface area contributed by atoms with Gasteiger partial charge in [-0.2, -0.15) is 0 Å². The molecule has 1 aliphatic rings. The van der Waals surface area contributed by atoms with E-state index in [0.29, 0.717) is 18.7 Å². The summed E-state index contributed by atoms with van der Waals surface area (Å²) in [5, 5.41) is 8.09. The fraction of sp³-hybridized carbons (Fsp3) is 0.250. The van der Waals surface area contributed by atoms with E-state index in [1.165, 1.54) is 0 Å². The second-order valence-corrected chi connectivity index (χ2v) is 6.54. The summed E-state index contributed by atoms with van der Waals surface area (Å²) in [6, 6.07) is 15.8. The Hall–Kier alpha value is -2.99. The van der Waals surface area contributed by atoms with Gasteiger partial charge >= 0.3 is 0 Å². The largest absolute Gasteiger partial charge is 0.327 e. The molecule has 2 N–H and O–H groups in total. The van der Waals surface area contributed by atoms with Gasteiger partial charge in [0.05, 0.1) is 6.04 Å². The Morgan fingerprint density at radius 3 is 2.73 bits per heavy atom. The van der Waals surface area contributed by atoms with Crippen LogP contribution in [0.2, 0.25) is 0 Å². The van der Waals surface area contributed by atoms with Crippen molar-refractivity contribution in [3.05, 3.63) is 71.8 Å². The van der Waals surface area contributed by atoms with Gasteiger partial charge in [0.15, 0.2) is 5.82 Å². The molecule has 6 heteroatoms. The van der Waals surface area contributed by atoms with Crippen molar-refractivity contribution in [2.45, 2.75) is 26.1 Å². The van der Waals surface area contributed by atoms with E-state index < -0.39 is 0 Å². The van der Waals surface area contributed by atoms with Crippen LogP contribution in [0.25, 0.3) is 11.1 Å². The maximum atomic E-state index is 12.9. The summed E-state index contributed by atoms with van der Waals surface area (Å²) in [5.74, 6) is 0.855. The molecular formula is C20H21N5O. The second-order valence-electron chi connectivity index (χ2n) is 6.54. The molecular weight excluding hydrogens is 326 g/mol. The van der Waals surface area contributed by atoms with E-state index >= 15 is 0 Å².